The van der Waals surface area contributed by atoms with E-state index in [4.69, 9.17) is 11.6 Å². The zero-order chi connectivity index (χ0) is 18.7. The number of halogens is 1. The number of amides is 2. The lowest BCUT2D eigenvalue weighted by molar-refractivity contribution is -0.105. The van der Waals surface area contributed by atoms with Gasteiger partial charge in [-0.05, 0) is 48.9 Å². The zero-order valence-corrected chi connectivity index (χ0v) is 15.5. The minimum Gasteiger partial charge on any atom is -0.327 e. The van der Waals surface area contributed by atoms with Gasteiger partial charge in [0.2, 0.25) is 6.41 Å². The summed E-state index contributed by atoms with van der Waals surface area (Å²) in [4.78, 5) is 23.2. The number of nitrogens with zero attached hydrogens (tertiary/aromatic N) is 1. The van der Waals surface area contributed by atoms with Crippen LogP contribution in [-0.2, 0) is 16.0 Å². The average Bonchev–Trinajstić information content (AvgIpc) is 3.04. The summed E-state index contributed by atoms with van der Waals surface area (Å²) < 4.78 is 16.5. The van der Waals surface area contributed by atoms with Gasteiger partial charge in [0.05, 0.1) is 16.4 Å². The Morgan fingerprint density at radius 1 is 1.31 bits per heavy atom. The number of carbonyl (C=O) groups is 2. The van der Waals surface area contributed by atoms with Gasteiger partial charge < -0.3 is 10.6 Å². The Morgan fingerprint density at radius 2 is 2.12 bits per heavy atom. The molecule has 136 valence electrons. The van der Waals surface area contributed by atoms with Crippen LogP contribution in [0.25, 0.3) is 0 Å². The van der Waals surface area contributed by atoms with E-state index in [9.17, 15) is 13.8 Å². The van der Waals surface area contributed by atoms with E-state index in [0.717, 1.165) is 11.3 Å². The summed E-state index contributed by atoms with van der Waals surface area (Å²) in [5.74, 6) is -0.283. The van der Waals surface area contributed by atoms with Crippen LogP contribution >= 0.6 is 11.6 Å². The molecule has 1 heterocycles. The molecule has 0 saturated carbocycles. The molecular weight excluding hydrogens is 376 g/mol. The number of anilines is 3. The molecular formula is C17H17ClN4O3S. The summed E-state index contributed by atoms with van der Waals surface area (Å²) >= 11 is 4.74. The van der Waals surface area contributed by atoms with Gasteiger partial charge >= 0.3 is 0 Å². The first-order chi connectivity index (χ1) is 12.5. The fourth-order valence-electron chi connectivity index (χ4n) is 2.65. The first kappa shape index (κ1) is 18.4. The van der Waals surface area contributed by atoms with E-state index in [1.54, 1.807) is 34.6 Å². The maximum Gasteiger partial charge on any atom is 0.255 e. The van der Waals surface area contributed by atoms with Gasteiger partial charge in [-0.25, -0.2) is 8.93 Å². The predicted octanol–water partition coefficient (Wildman–Crippen LogP) is 2.46. The number of nitrogens with one attached hydrogen (secondary N) is 3. The normalized spacial score (nSPS) is 16.4. The Balaban J connectivity index is 1.79. The fraction of sp³-hybridized carbons (Fsp3) is 0.176. The highest BCUT2D eigenvalue weighted by Crippen LogP contribution is 2.26. The zero-order valence-electron chi connectivity index (χ0n) is 13.9. The van der Waals surface area contributed by atoms with Crippen LogP contribution < -0.4 is 19.7 Å². The van der Waals surface area contributed by atoms with Crippen LogP contribution in [0.1, 0.15) is 15.9 Å². The second kappa shape index (κ2) is 7.86. The Kier molecular flexibility index (Phi) is 5.55. The molecule has 0 radical (unpaired) electrons. The van der Waals surface area contributed by atoms with Gasteiger partial charge in [0.15, 0.2) is 11.2 Å². The lowest BCUT2D eigenvalue weighted by Crippen LogP contribution is -2.23. The Labute approximate surface area is 158 Å². The molecule has 26 heavy (non-hydrogen) atoms. The molecule has 0 aliphatic carbocycles. The average molecular weight is 393 g/mol. The third-order valence-electron chi connectivity index (χ3n) is 3.92. The van der Waals surface area contributed by atoms with Crippen molar-refractivity contribution in [1.29, 1.82) is 0 Å². The summed E-state index contributed by atoms with van der Waals surface area (Å²) in [6.07, 6.45) is 0.521. The molecule has 2 aromatic rings. The SMILES string of the molecule is Cc1cc(N2CCNS2=O)ccc1C(=O)Nc1ccc(Cl)c(NC=O)c1. The Hall–Kier alpha value is -2.42. The standard InChI is InChI=1S/C17H17ClN4O3S/c1-11-8-13(22-7-6-20-26(22)25)3-4-14(11)17(24)21-12-2-5-15(18)16(9-12)19-10-23/h2-5,8-10,20H,6-7H2,1H3,(H,19,23)(H,21,24). The van der Waals surface area contributed by atoms with Crippen LogP contribution in [0.3, 0.4) is 0 Å². The molecule has 0 spiro atoms. The van der Waals surface area contributed by atoms with Crippen molar-refractivity contribution in [3.63, 3.8) is 0 Å². The Bertz CT molecular complexity index is 890. The molecule has 0 aromatic heterocycles. The Morgan fingerprint density at radius 3 is 2.77 bits per heavy atom. The molecule has 3 rings (SSSR count). The van der Waals surface area contributed by atoms with Crippen molar-refractivity contribution < 1.29 is 13.8 Å². The summed E-state index contributed by atoms with van der Waals surface area (Å²) in [5.41, 5.74) is 3.00. The van der Waals surface area contributed by atoms with Gasteiger partial charge in [-0.1, -0.05) is 11.6 Å². The smallest absolute Gasteiger partial charge is 0.255 e. The number of carbonyl (C=O) groups excluding carboxylic acids is 2. The van der Waals surface area contributed by atoms with Crippen LogP contribution in [-0.4, -0.2) is 29.6 Å². The van der Waals surface area contributed by atoms with Gasteiger partial charge in [0, 0.05) is 24.3 Å². The molecule has 3 N–H and O–H groups in total. The maximum absolute atomic E-state index is 12.6. The van der Waals surface area contributed by atoms with Crippen molar-refractivity contribution >= 4 is 52.2 Å². The number of rotatable bonds is 5. The quantitative estimate of drug-likeness (QED) is 0.682. The van der Waals surface area contributed by atoms with Crippen molar-refractivity contribution in [3.8, 4) is 0 Å². The lowest BCUT2D eigenvalue weighted by atomic mass is 10.1. The van der Waals surface area contributed by atoms with Crippen molar-refractivity contribution in [2.45, 2.75) is 6.92 Å². The highest BCUT2D eigenvalue weighted by Gasteiger charge is 2.21. The molecule has 0 bridgehead atoms. The predicted molar refractivity (Wildman–Crippen MR) is 104 cm³/mol. The third-order valence-corrected chi connectivity index (χ3v) is 5.50. The molecule has 1 aliphatic rings. The molecule has 1 atom stereocenters. The molecule has 1 unspecified atom stereocenters. The number of hydrogen-bond acceptors (Lipinski definition) is 3. The summed E-state index contributed by atoms with van der Waals surface area (Å²) in [6.45, 7) is 3.13. The summed E-state index contributed by atoms with van der Waals surface area (Å²) in [7, 11) is 0. The summed E-state index contributed by atoms with van der Waals surface area (Å²) in [6, 6.07) is 10.1. The minimum absolute atomic E-state index is 0.283. The van der Waals surface area contributed by atoms with Crippen LogP contribution in [0.4, 0.5) is 17.1 Å². The van der Waals surface area contributed by atoms with E-state index in [-0.39, 0.29) is 5.91 Å². The number of aryl methyl sites for hydroxylation is 1. The van der Waals surface area contributed by atoms with Crippen LogP contribution in [0, 0.1) is 6.92 Å². The highest BCUT2D eigenvalue weighted by molar-refractivity contribution is 7.84. The molecule has 1 saturated heterocycles. The van der Waals surface area contributed by atoms with Crippen LogP contribution in [0.5, 0.6) is 0 Å². The monoisotopic (exact) mass is 392 g/mol. The van der Waals surface area contributed by atoms with Crippen molar-refractivity contribution in [2.75, 3.05) is 28.0 Å². The molecule has 1 aliphatic heterocycles. The van der Waals surface area contributed by atoms with E-state index < -0.39 is 11.2 Å². The second-order valence-electron chi connectivity index (χ2n) is 5.66. The van der Waals surface area contributed by atoms with E-state index in [0.29, 0.717) is 41.5 Å². The minimum atomic E-state index is -1.24. The second-order valence-corrected chi connectivity index (χ2v) is 7.29. The van der Waals surface area contributed by atoms with Gasteiger partial charge in [-0.15, -0.1) is 0 Å². The highest BCUT2D eigenvalue weighted by atomic mass is 35.5. The molecule has 1 fully saturated rings. The first-order valence-electron chi connectivity index (χ1n) is 7.84. The van der Waals surface area contributed by atoms with Gasteiger partial charge in [0.1, 0.15) is 0 Å². The topological polar surface area (TPSA) is 90.5 Å². The number of hydrogen-bond donors (Lipinski definition) is 3. The van der Waals surface area contributed by atoms with Crippen molar-refractivity contribution in [2.24, 2.45) is 0 Å². The molecule has 7 nitrogen and oxygen atoms in total. The van der Waals surface area contributed by atoms with Crippen molar-refractivity contribution in [3.05, 3.63) is 52.5 Å². The maximum atomic E-state index is 12.6. The number of benzene rings is 2. The van der Waals surface area contributed by atoms with Crippen LogP contribution in [0.15, 0.2) is 36.4 Å². The van der Waals surface area contributed by atoms with Gasteiger partial charge in [-0.2, -0.15) is 0 Å². The first-order valence-corrected chi connectivity index (χ1v) is 9.32. The van der Waals surface area contributed by atoms with Gasteiger partial charge in [-0.3, -0.25) is 13.9 Å². The van der Waals surface area contributed by atoms with Crippen molar-refractivity contribution in [1.82, 2.24) is 4.72 Å². The van der Waals surface area contributed by atoms with Crippen LogP contribution in [0.2, 0.25) is 5.02 Å². The molecule has 9 heteroatoms. The van der Waals surface area contributed by atoms with Gasteiger partial charge in [0.25, 0.3) is 5.91 Å². The van der Waals surface area contributed by atoms with E-state index >= 15 is 0 Å². The fourth-order valence-corrected chi connectivity index (χ4v) is 3.81. The molecule has 2 amide bonds. The van der Waals surface area contributed by atoms with E-state index in [1.807, 2.05) is 13.0 Å². The summed E-state index contributed by atoms with van der Waals surface area (Å²) in [5, 5.41) is 5.64. The third kappa shape index (κ3) is 3.87. The van der Waals surface area contributed by atoms with E-state index in [1.165, 1.54) is 0 Å². The van der Waals surface area contributed by atoms with E-state index in [2.05, 4.69) is 15.4 Å². The lowest BCUT2D eigenvalue weighted by Gasteiger charge is -2.17. The molecule has 2 aromatic carbocycles. The largest absolute Gasteiger partial charge is 0.327 e.